The molecule has 38 heavy (non-hydrogen) atoms. The van der Waals surface area contributed by atoms with Gasteiger partial charge in [-0.1, -0.05) is 27.7 Å². The molecule has 0 spiro atoms. The van der Waals surface area contributed by atoms with Crippen molar-refractivity contribution >= 4 is 15.1 Å². The lowest BCUT2D eigenvalue weighted by Gasteiger charge is -2.34. The SMILES string of the molecule is CC(C)NCCOCCOCCOCCOCCN1CCN(CCOCC(P)CN(C)C(=O)C(C)C)CC1. The minimum atomic E-state index is 0.0340. The van der Waals surface area contributed by atoms with Gasteiger partial charge >= 0.3 is 0 Å². The molecule has 0 aliphatic carbocycles. The fourth-order valence-corrected chi connectivity index (χ4v) is 4.43. The third-order valence-corrected chi connectivity index (χ3v) is 6.60. The van der Waals surface area contributed by atoms with Crippen LogP contribution >= 0.6 is 9.24 Å². The topological polar surface area (TPSA) is 85.0 Å². The van der Waals surface area contributed by atoms with Gasteiger partial charge in [0.15, 0.2) is 0 Å². The molecule has 0 bridgehead atoms. The monoisotopic (exact) mass is 564 g/mol. The first-order valence-corrected chi connectivity index (χ1v) is 15.0. The highest BCUT2D eigenvalue weighted by molar-refractivity contribution is 7.17. The van der Waals surface area contributed by atoms with Crippen molar-refractivity contribution in [2.75, 3.05) is 125 Å². The van der Waals surface area contributed by atoms with Gasteiger partial charge in [0.2, 0.25) is 5.91 Å². The average Bonchev–Trinajstić information content (AvgIpc) is 2.88. The fraction of sp³-hybridized carbons (Fsp3) is 0.963. The van der Waals surface area contributed by atoms with Gasteiger partial charge in [0.25, 0.3) is 0 Å². The maximum Gasteiger partial charge on any atom is 0.224 e. The van der Waals surface area contributed by atoms with Crippen LogP contribution in [0.3, 0.4) is 0 Å². The fourth-order valence-electron chi connectivity index (χ4n) is 3.98. The second kappa shape index (κ2) is 23.3. The van der Waals surface area contributed by atoms with Gasteiger partial charge in [-0.25, -0.2) is 0 Å². The van der Waals surface area contributed by atoms with Gasteiger partial charge in [0.1, 0.15) is 0 Å². The van der Waals surface area contributed by atoms with Crippen molar-refractivity contribution in [3.8, 4) is 0 Å². The number of amides is 1. The van der Waals surface area contributed by atoms with Gasteiger partial charge in [0, 0.05) is 77.0 Å². The number of nitrogens with one attached hydrogen (secondary N) is 1. The highest BCUT2D eigenvalue weighted by atomic mass is 31.0. The third kappa shape index (κ3) is 19.6. The standard InChI is InChI=1S/C27H57N4O6P/c1-24(2)27(32)29(5)22-26(38)23-37-15-12-31-9-7-30(8-10-31)11-14-34-17-19-36-21-20-35-18-16-33-13-6-28-25(3)4/h24-26,28H,6-23,38H2,1-5H3. The maximum absolute atomic E-state index is 12.0. The Morgan fingerprint density at radius 3 is 1.68 bits per heavy atom. The normalized spacial score (nSPS) is 16.0. The third-order valence-electron chi connectivity index (χ3n) is 6.19. The Kier molecular flexibility index (Phi) is 21.8. The van der Waals surface area contributed by atoms with E-state index in [1.165, 1.54) is 0 Å². The van der Waals surface area contributed by atoms with Crippen molar-refractivity contribution in [1.29, 1.82) is 0 Å². The predicted molar refractivity (Wildman–Crippen MR) is 156 cm³/mol. The summed E-state index contributed by atoms with van der Waals surface area (Å²) in [6.07, 6.45) is 0. The van der Waals surface area contributed by atoms with Crippen molar-refractivity contribution in [1.82, 2.24) is 20.0 Å². The molecule has 0 aromatic rings. The second-order valence-electron chi connectivity index (χ2n) is 10.5. The zero-order valence-corrected chi connectivity index (χ0v) is 26.0. The van der Waals surface area contributed by atoms with Crippen LogP contribution in [-0.4, -0.2) is 158 Å². The Labute approximate surface area is 234 Å². The molecule has 1 saturated heterocycles. The molecule has 2 atom stereocenters. The molecule has 1 aliphatic rings. The number of hydrogen-bond acceptors (Lipinski definition) is 9. The van der Waals surface area contributed by atoms with E-state index >= 15 is 0 Å². The molecule has 0 saturated carbocycles. The molecular weight excluding hydrogens is 507 g/mol. The molecule has 1 fully saturated rings. The Bertz CT molecular complexity index is 568. The van der Waals surface area contributed by atoms with Gasteiger partial charge < -0.3 is 33.9 Å². The Hall–Kier alpha value is -0.420. The molecule has 0 aromatic heterocycles. The summed E-state index contributed by atoms with van der Waals surface area (Å²) in [5.74, 6) is 0.213. The Morgan fingerprint density at radius 2 is 1.21 bits per heavy atom. The van der Waals surface area contributed by atoms with Crippen LogP contribution in [0.15, 0.2) is 0 Å². The summed E-state index contributed by atoms with van der Waals surface area (Å²) in [5.41, 5.74) is 0.255. The minimum Gasteiger partial charge on any atom is -0.379 e. The number of ether oxygens (including phenoxy) is 5. The maximum atomic E-state index is 12.0. The molecule has 1 aliphatic heterocycles. The molecular formula is C27H57N4O6P. The van der Waals surface area contributed by atoms with E-state index in [1.807, 2.05) is 20.9 Å². The second-order valence-corrected chi connectivity index (χ2v) is 11.4. The molecule has 0 radical (unpaired) electrons. The van der Waals surface area contributed by atoms with Crippen molar-refractivity contribution in [2.45, 2.75) is 39.4 Å². The molecule has 0 aromatic carbocycles. The van der Waals surface area contributed by atoms with E-state index in [-0.39, 0.29) is 17.5 Å². The van der Waals surface area contributed by atoms with E-state index in [1.54, 1.807) is 4.90 Å². The van der Waals surface area contributed by atoms with E-state index in [4.69, 9.17) is 23.7 Å². The van der Waals surface area contributed by atoms with Crippen LogP contribution in [0.2, 0.25) is 0 Å². The van der Waals surface area contributed by atoms with E-state index in [2.05, 4.69) is 38.2 Å². The lowest BCUT2D eigenvalue weighted by atomic mass is 10.2. The van der Waals surface area contributed by atoms with E-state index in [0.29, 0.717) is 65.4 Å². The van der Waals surface area contributed by atoms with Crippen molar-refractivity contribution in [2.24, 2.45) is 5.92 Å². The van der Waals surface area contributed by atoms with Gasteiger partial charge in [-0.05, 0) is 0 Å². The van der Waals surface area contributed by atoms with Crippen LogP contribution in [-0.2, 0) is 28.5 Å². The number of piperazine rings is 1. The van der Waals surface area contributed by atoms with Crippen LogP contribution in [0, 0.1) is 5.92 Å². The number of nitrogens with zero attached hydrogens (tertiary/aromatic N) is 3. The van der Waals surface area contributed by atoms with Crippen LogP contribution in [0.5, 0.6) is 0 Å². The molecule has 1 rings (SSSR count). The molecule has 2 unspecified atom stereocenters. The molecule has 1 heterocycles. The summed E-state index contributed by atoms with van der Waals surface area (Å²) in [6.45, 7) is 22.2. The van der Waals surface area contributed by atoms with Crippen LogP contribution < -0.4 is 5.32 Å². The van der Waals surface area contributed by atoms with Crippen molar-refractivity contribution < 1.29 is 28.5 Å². The van der Waals surface area contributed by atoms with E-state index in [0.717, 1.165) is 59.0 Å². The van der Waals surface area contributed by atoms with Gasteiger partial charge in [-0.2, -0.15) is 0 Å². The van der Waals surface area contributed by atoms with Gasteiger partial charge in [-0.15, -0.1) is 9.24 Å². The Balaban J connectivity index is 1.86. The molecule has 1 N–H and O–H groups in total. The number of carbonyl (C=O) groups excluding carboxylic acids is 1. The molecule has 11 heteroatoms. The summed E-state index contributed by atoms with van der Waals surface area (Å²) < 4.78 is 28.1. The largest absolute Gasteiger partial charge is 0.379 e. The van der Waals surface area contributed by atoms with Crippen LogP contribution in [0.4, 0.5) is 0 Å². The lowest BCUT2D eigenvalue weighted by Crippen LogP contribution is -2.48. The molecule has 10 nitrogen and oxygen atoms in total. The first-order valence-electron chi connectivity index (χ1n) is 14.4. The van der Waals surface area contributed by atoms with Crippen molar-refractivity contribution in [3.05, 3.63) is 0 Å². The first-order chi connectivity index (χ1) is 18.3. The summed E-state index contributed by atoms with van der Waals surface area (Å²) in [4.78, 5) is 18.7. The van der Waals surface area contributed by atoms with E-state index < -0.39 is 0 Å². The zero-order chi connectivity index (χ0) is 28.0. The molecule has 1 amide bonds. The van der Waals surface area contributed by atoms with E-state index in [9.17, 15) is 4.79 Å². The van der Waals surface area contributed by atoms with Crippen LogP contribution in [0.25, 0.3) is 0 Å². The highest BCUT2D eigenvalue weighted by Gasteiger charge is 2.17. The lowest BCUT2D eigenvalue weighted by molar-refractivity contribution is -0.133. The highest BCUT2D eigenvalue weighted by Crippen LogP contribution is 2.07. The smallest absolute Gasteiger partial charge is 0.224 e. The first kappa shape index (κ1) is 35.6. The Morgan fingerprint density at radius 1 is 0.763 bits per heavy atom. The summed E-state index contributed by atoms with van der Waals surface area (Å²) in [7, 11) is 4.66. The van der Waals surface area contributed by atoms with Crippen molar-refractivity contribution in [3.63, 3.8) is 0 Å². The zero-order valence-electron chi connectivity index (χ0n) is 24.8. The number of hydrogen-bond donors (Lipinski definition) is 1. The summed E-state index contributed by atoms with van der Waals surface area (Å²) >= 11 is 0. The summed E-state index contributed by atoms with van der Waals surface area (Å²) in [5, 5.41) is 3.31. The minimum absolute atomic E-state index is 0.0340. The molecule has 226 valence electrons. The number of rotatable bonds is 24. The number of carbonyl (C=O) groups is 1. The summed E-state index contributed by atoms with van der Waals surface area (Å²) in [6, 6.07) is 0.491. The average molecular weight is 565 g/mol. The quantitative estimate of drug-likeness (QED) is 0.137. The van der Waals surface area contributed by atoms with Crippen LogP contribution in [0.1, 0.15) is 27.7 Å². The van der Waals surface area contributed by atoms with Gasteiger partial charge in [-0.3, -0.25) is 14.6 Å². The predicted octanol–water partition coefficient (Wildman–Crippen LogP) is 1.04. The van der Waals surface area contributed by atoms with Gasteiger partial charge in [0.05, 0.1) is 66.1 Å².